The summed E-state index contributed by atoms with van der Waals surface area (Å²) in [5.41, 5.74) is -4.83. The number of aliphatic hydroxyl groups excluding tert-OH is 3. The smallest absolute Gasteiger partial charge is 0.278 e. The van der Waals surface area contributed by atoms with Crippen molar-refractivity contribution in [1.29, 1.82) is 0 Å². The fourth-order valence-electron chi connectivity index (χ4n) is 3.81. The Hall–Kier alpha value is -2.85. The summed E-state index contributed by atoms with van der Waals surface area (Å²) in [4.78, 5) is 39.2. The van der Waals surface area contributed by atoms with Gasteiger partial charge < -0.3 is 30.1 Å². The van der Waals surface area contributed by atoms with Gasteiger partial charge in [0.1, 0.15) is 18.0 Å². The minimum atomic E-state index is -2.53. The Bertz CT molecular complexity index is 956. The van der Waals surface area contributed by atoms with Gasteiger partial charge >= 0.3 is 0 Å². The number of hydrogen-bond donors (Lipinski definition) is 4. The van der Waals surface area contributed by atoms with Crippen molar-refractivity contribution in [2.75, 3.05) is 7.11 Å². The van der Waals surface area contributed by atoms with Gasteiger partial charge in [-0.05, 0) is 13.3 Å². The van der Waals surface area contributed by atoms with Crippen LogP contribution in [0.15, 0.2) is 53.8 Å². The number of methoxy groups -OCH3 is 1. The molecule has 5 atom stereocenters. The lowest BCUT2D eigenvalue weighted by Gasteiger charge is -2.32. The molecule has 0 aromatic heterocycles. The SMILES string of the molecule is CCC=C[C@H](O)[C@H](O)C1=C(C)C(=O)[C@]2(O1)C(=O)N[C@@](OC)(C(=O)c1ccccc1)C2O. The van der Waals surface area contributed by atoms with Crippen LogP contribution in [0.5, 0.6) is 0 Å². The fourth-order valence-corrected chi connectivity index (χ4v) is 3.81. The highest BCUT2D eigenvalue weighted by molar-refractivity contribution is 6.23. The molecule has 1 saturated heterocycles. The van der Waals surface area contributed by atoms with E-state index in [9.17, 15) is 29.7 Å². The van der Waals surface area contributed by atoms with E-state index >= 15 is 0 Å². The van der Waals surface area contributed by atoms with Crippen LogP contribution in [0.2, 0.25) is 0 Å². The van der Waals surface area contributed by atoms with E-state index in [1.165, 1.54) is 25.1 Å². The van der Waals surface area contributed by atoms with Crippen molar-refractivity contribution in [1.82, 2.24) is 5.32 Å². The lowest BCUT2D eigenvalue weighted by atomic mass is 9.85. The molecule has 2 aliphatic rings. The standard InChI is InChI=1S/C22H25NO8/c1-4-5-11-14(24)15(25)16-12(2)17(26)21(31-16)19(28)22(30-3,23-20(21)29)18(27)13-9-7-6-8-10-13/h5-11,14-15,19,24-25,28H,4H2,1-3H3,(H,23,29)/t14-,15-,19?,21+,22+/m0/s1. The zero-order chi connectivity index (χ0) is 23.0. The number of ether oxygens (including phenoxy) is 2. The second-order valence-electron chi connectivity index (χ2n) is 7.42. The maximum atomic E-state index is 13.1. The molecule has 166 valence electrons. The van der Waals surface area contributed by atoms with Crippen molar-refractivity contribution in [2.24, 2.45) is 0 Å². The number of allylic oxidation sites excluding steroid dienone is 1. The van der Waals surface area contributed by atoms with Crippen molar-refractivity contribution >= 4 is 17.5 Å². The number of rotatable bonds is 7. The summed E-state index contributed by atoms with van der Waals surface area (Å²) in [6, 6.07) is 7.82. The first kappa shape index (κ1) is 22.8. The number of carbonyl (C=O) groups is 3. The molecule has 0 radical (unpaired) electrons. The molecule has 1 amide bonds. The Morgan fingerprint density at radius 3 is 2.52 bits per heavy atom. The third kappa shape index (κ3) is 3.30. The average molecular weight is 431 g/mol. The maximum Gasteiger partial charge on any atom is 0.278 e. The van der Waals surface area contributed by atoms with E-state index in [2.05, 4.69) is 5.32 Å². The summed E-state index contributed by atoms with van der Waals surface area (Å²) < 4.78 is 10.8. The number of aliphatic hydroxyl groups is 3. The molecule has 2 heterocycles. The molecular formula is C22H25NO8. The topological polar surface area (TPSA) is 142 Å². The van der Waals surface area contributed by atoms with Crippen LogP contribution in [0.1, 0.15) is 30.6 Å². The van der Waals surface area contributed by atoms with E-state index < -0.39 is 47.1 Å². The number of hydrogen-bond acceptors (Lipinski definition) is 8. The molecule has 9 nitrogen and oxygen atoms in total. The van der Waals surface area contributed by atoms with Crippen LogP contribution in [-0.2, 0) is 19.1 Å². The van der Waals surface area contributed by atoms with Crippen molar-refractivity contribution in [2.45, 2.75) is 49.9 Å². The van der Waals surface area contributed by atoms with E-state index in [4.69, 9.17) is 9.47 Å². The predicted molar refractivity (Wildman–Crippen MR) is 108 cm³/mol. The third-order valence-corrected chi connectivity index (χ3v) is 5.58. The molecule has 2 aliphatic heterocycles. The van der Waals surface area contributed by atoms with Crippen LogP contribution >= 0.6 is 0 Å². The summed E-state index contributed by atoms with van der Waals surface area (Å²) in [6.45, 7) is 3.13. The lowest BCUT2D eigenvalue weighted by Crippen LogP contribution is -2.60. The quantitative estimate of drug-likeness (QED) is 0.269. The highest BCUT2D eigenvalue weighted by Crippen LogP contribution is 2.44. The van der Waals surface area contributed by atoms with Gasteiger partial charge in [0.2, 0.25) is 17.3 Å². The van der Waals surface area contributed by atoms with Gasteiger partial charge in [-0.15, -0.1) is 0 Å². The Morgan fingerprint density at radius 2 is 1.94 bits per heavy atom. The minimum absolute atomic E-state index is 0.135. The van der Waals surface area contributed by atoms with Crippen molar-refractivity contribution in [3.63, 3.8) is 0 Å². The maximum absolute atomic E-state index is 13.1. The summed E-state index contributed by atoms with van der Waals surface area (Å²) in [5, 5.41) is 34.0. The molecule has 1 aromatic rings. The number of carbonyl (C=O) groups excluding carboxylic acids is 3. The van der Waals surface area contributed by atoms with E-state index in [1.54, 1.807) is 24.3 Å². The molecule has 31 heavy (non-hydrogen) atoms. The van der Waals surface area contributed by atoms with Gasteiger partial charge in [-0.1, -0.05) is 49.4 Å². The van der Waals surface area contributed by atoms with Gasteiger partial charge in [0.05, 0.1) is 0 Å². The molecule has 4 N–H and O–H groups in total. The Morgan fingerprint density at radius 1 is 1.29 bits per heavy atom. The van der Waals surface area contributed by atoms with E-state index in [-0.39, 0.29) is 16.9 Å². The van der Waals surface area contributed by atoms with E-state index in [0.29, 0.717) is 6.42 Å². The molecule has 0 saturated carbocycles. The highest BCUT2D eigenvalue weighted by atomic mass is 16.6. The predicted octanol–water partition coefficient (Wildman–Crippen LogP) is 0.00280. The normalized spacial score (nSPS) is 30.1. The summed E-state index contributed by atoms with van der Waals surface area (Å²) >= 11 is 0. The van der Waals surface area contributed by atoms with Crippen LogP contribution in [0.4, 0.5) is 0 Å². The monoisotopic (exact) mass is 431 g/mol. The molecule has 3 rings (SSSR count). The Kier molecular flexibility index (Phi) is 6.15. The van der Waals surface area contributed by atoms with Crippen LogP contribution in [0, 0.1) is 0 Å². The van der Waals surface area contributed by atoms with E-state index in [0.717, 1.165) is 7.11 Å². The number of Topliss-reactive ketones (excluding diaryl/α,β-unsaturated/α-hetero) is 2. The number of benzene rings is 1. The van der Waals surface area contributed by atoms with Crippen LogP contribution in [0.25, 0.3) is 0 Å². The number of amides is 1. The molecule has 1 aromatic carbocycles. The first-order chi connectivity index (χ1) is 14.7. The molecule has 0 aliphatic carbocycles. The average Bonchev–Trinajstić information content (AvgIpc) is 3.18. The molecule has 9 heteroatoms. The Balaban J connectivity index is 1.99. The summed E-state index contributed by atoms with van der Waals surface area (Å²) in [7, 11) is 1.11. The minimum Gasteiger partial charge on any atom is -0.467 e. The van der Waals surface area contributed by atoms with Gasteiger partial charge in [-0.2, -0.15) is 0 Å². The van der Waals surface area contributed by atoms with Gasteiger partial charge in [-0.25, -0.2) is 0 Å². The van der Waals surface area contributed by atoms with Gasteiger partial charge in [0, 0.05) is 18.2 Å². The van der Waals surface area contributed by atoms with Crippen LogP contribution < -0.4 is 5.32 Å². The van der Waals surface area contributed by atoms with E-state index in [1.807, 2.05) is 6.92 Å². The molecular weight excluding hydrogens is 406 g/mol. The zero-order valence-electron chi connectivity index (χ0n) is 17.4. The fraction of sp³-hybridized carbons (Fsp3) is 0.409. The molecule has 1 unspecified atom stereocenters. The van der Waals surface area contributed by atoms with Crippen LogP contribution in [0.3, 0.4) is 0 Å². The van der Waals surface area contributed by atoms with Crippen molar-refractivity contribution in [3.8, 4) is 0 Å². The third-order valence-electron chi connectivity index (χ3n) is 5.58. The lowest BCUT2D eigenvalue weighted by molar-refractivity contribution is -0.163. The first-order valence-corrected chi connectivity index (χ1v) is 9.80. The van der Waals surface area contributed by atoms with Gasteiger partial charge in [0.25, 0.3) is 11.5 Å². The second kappa shape index (κ2) is 8.35. The summed E-state index contributed by atoms with van der Waals surface area (Å²) in [5.74, 6) is -3.15. The first-order valence-electron chi connectivity index (χ1n) is 9.80. The van der Waals surface area contributed by atoms with Gasteiger partial charge in [0.15, 0.2) is 6.10 Å². The summed E-state index contributed by atoms with van der Waals surface area (Å²) in [6.07, 6.45) is -1.60. The van der Waals surface area contributed by atoms with Crippen LogP contribution in [-0.4, -0.2) is 69.5 Å². The highest BCUT2D eigenvalue weighted by Gasteiger charge is 2.74. The second-order valence-corrected chi connectivity index (χ2v) is 7.42. The van der Waals surface area contributed by atoms with Crippen molar-refractivity contribution in [3.05, 3.63) is 59.4 Å². The van der Waals surface area contributed by atoms with Crippen molar-refractivity contribution < 1.29 is 39.2 Å². The molecule has 1 fully saturated rings. The Labute approximate surface area is 179 Å². The molecule has 1 spiro atoms. The zero-order valence-corrected chi connectivity index (χ0v) is 17.4. The number of nitrogens with one attached hydrogen (secondary N) is 1. The largest absolute Gasteiger partial charge is 0.467 e. The van der Waals surface area contributed by atoms with Gasteiger partial charge in [-0.3, -0.25) is 14.4 Å². The molecule has 0 bridgehead atoms. The number of ketones is 2.